The van der Waals surface area contributed by atoms with E-state index in [2.05, 4.69) is 10.6 Å². The lowest BCUT2D eigenvalue weighted by Gasteiger charge is -2.38. The largest absolute Gasteiger partial charge is 0.478 e. The van der Waals surface area contributed by atoms with Crippen molar-refractivity contribution in [3.63, 3.8) is 0 Å². The van der Waals surface area contributed by atoms with Crippen molar-refractivity contribution in [2.24, 2.45) is 5.92 Å². The number of ether oxygens (including phenoxy) is 1. The Morgan fingerprint density at radius 3 is 2.41 bits per heavy atom. The monoisotopic (exact) mass is 388 g/mol. The number of hydrogen-bond acceptors (Lipinski definition) is 7. The van der Waals surface area contributed by atoms with Crippen LogP contribution in [0.5, 0.6) is 0 Å². The topological polar surface area (TPSA) is 165 Å². The maximum Gasteiger partial charge on any atom is 0.370 e. The average molecular weight is 388 g/mol. The quantitative estimate of drug-likeness (QED) is 0.277. The first-order valence-corrected chi connectivity index (χ1v) is 8.72. The predicted octanol–water partition coefficient (Wildman–Crippen LogP) is -1.51. The molecule has 0 bridgehead atoms. The van der Waals surface area contributed by atoms with Gasteiger partial charge >= 0.3 is 5.97 Å². The maximum absolute atomic E-state index is 11.7. The van der Waals surface area contributed by atoms with E-state index in [1.807, 2.05) is 13.8 Å². The maximum atomic E-state index is 11.7. The van der Waals surface area contributed by atoms with Gasteiger partial charge in [-0.1, -0.05) is 13.8 Å². The number of rotatable bonds is 9. The van der Waals surface area contributed by atoms with E-state index < -0.39 is 48.1 Å². The van der Waals surface area contributed by atoms with Crippen LogP contribution in [-0.2, 0) is 19.1 Å². The summed E-state index contributed by atoms with van der Waals surface area (Å²) in [5.41, 5.74) is 0. The number of carboxylic acid groups (broad SMARTS) is 1. The van der Waals surface area contributed by atoms with Crippen molar-refractivity contribution in [3.8, 4) is 0 Å². The molecule has 10 nitrogen and oxygen atoms in total. The number of aliphatic hydroxyl groups is 3. The third kappa shape index (κ3) is 7.16. The van der Waals surface area contributed by atoms with Crippen molar-refractivity contribution in [2.75, 3.05) is 6.54 Å². The van der Waals surface area contributed by atoms with Crippen LogP contribution in [0.25, 0.3) is 0 Å². The van der Waals surface area contributed by atoms with Crippen LogP contribution in [0.4, 0.5) is 0 Å². The second-order valence-corrected chi connectivity index (χ2v) is 6.93. The molecule has 0 radical (unpaired) electrons. The number of carbonyl (C=O) groups is 3. The van der Waals surface area contributed by atoms with E-state index in [-0.39, 0.29) is 18.9 Å². The number of carboxylic acids is 1. The molecule has 154 valence electrons. The molecule has 1 aliphatic heterocycles. The Bertz CT molecular complexity index is 577. The molecule has 5 atom stereocenters. The predicted molar refractivity (Wildman–Crippen MR) is 93.3 cm³/mol. The van der Waals surface area contributed by atoms with E-state index in [0.29, 0.717) is 12.3 Å². The Kier molecular flexibility index (Phi) is 8.67. The molecule has 1 rings (SSSR count). The van der Waals surface area contributed by atoms with Crippen molar-refractivity contribution < 1.29 is 39.5 Å². The Labute approximate surface area is 157 Å². The highest BCUT2D eigenvalue weighted by atomic mass is 16.5. The lowest BCUT2D eigenvalue weighted by Crippen LogP contribution is -2.60. The van der Waals surface area contributed by atoms with Gasteiger partial charge in [-0.2, -0.15) is 0 Å². The Morgan fingerprint density at radius 2 is 1.89 bits per heavy atom. The minimum atomic E-state index is -1.68. The lowest BCUT2D eigenvalue weighted by atomic mass is 9.93. The number of nitrogens with one attached hydrogen (secondary N) is 2. The summed E-state index contributed by atoms with van der Waals surface area (Å²) in [6.07, 6.45) is -4.23. The van der Waals surface area contributed by atoms with Crippen LogP contribution in [0.3, 0.4) is 0 Å². The molecule has 1 heterocycles. The van der Waals surface area contributed by atoms with Crippen molar-refractivity contribution in [3.05, 3.63) is 11.8 Å². The molecule has 1 aliphatic rings. The summed E-state index contributed by atoms with van der Waals surface area (Å²) >= 11 is 0. The first kappa shape index (κ1) is 22.9. The van der Waals surface area contributed by atoms with Gasteiger partial charge in [0.05, 0.1) is 6.04 Å². The zero-order valence-corrected chi connectivity index (χ0v) is 15.6. The molecule has 0 unspecified atom stereocenters. The van der Waals surface area contributed by atoms with Gasteiger partial charge in [-0.3, -0.25) is 9.59 Å². The number of carbonyl (C=O) groups excluding carboxylic acids is 2. The SMILES string of the molecule is CC(=O)N[C@H]1[C@H]([C@H](O)[C@H](O)CNC(=O)CCC(C)C)OC(C(=O)O)=C[C@@H]1O. The Morgan fingerprint density at radius 1 is 1.26 bits per heavy atom. The number of aliphatic hydroxyl groups excluding tert-OH is 3. The summed E-state index contributed by atoms with van der Waals surface area (Å²) in [5.74, 6) is -2.58. The molecule has 0 saturated heterocycles. The highest BCUT2D eigenvalue weighted by Gasteiger charge is 2.43. The second kappa shape index (κ2) is 10.2. The fraction of sp³-hybridized carbons (Fsp3) is 0.706. The van der Waals surface area contributed by atoms with Gasteiger partial charge in [0.15, 0.2) is 6.10 Å². The fourth-order valence-electron chi connectivity index (χ4n) is 2.58. The molecule has 0 spiro atoms. The molecule has 0 aromatic rings. The van der Waals surface area contributed by atoms with E-state index in [0.717, 1.165) is 6.08 Å². The van der Waals surface area contributed by atoms with Gasteiger partial charge in [-0.05, 0) is 18.4 Å². The van der Waals surface area contributed by atoms with Crippen LogP contribution in [0.15, 0.2) is 11.8 Å². The molecular weight excluding hydrogens is 360 g/mol. The van der Waals surface area contributed by atoms with Crippen LogP contribution in [0, 0.1) is 5.92 Å². The first-order valence-electron chi connectivity index (χ1n) is 8.72. The second-order valence-electron chi connectivity index (χ2n) is 6.93. The van der Waals surface area contributed by atoms with Crippen molar-refractivity contribution in [2.45, 2.75) is 64.1 Å². The van der Waals surface area contributed by atoms with Gasteiger partial charge in [0, 0.05) is 19.9 Å². The zero-order chi connectivity index (χ0) is 20.7. The van der Waals surface area contributed by atoms with E-state index in [9.17, 15) is 29.7 Å². The lowest BCUT2D eigenvalue weighted by molar-refractivity contribution is -0.147. The van der Waals surface area contributed by atoms with Crippen LogP contribution in [0.2, 0.25) is 0 Å². The van der Waals surface area contributed by atoms with Gasteiger partial charge in [0.25, 0.3) is 0 Å². The smallest absolute Gasteiger partial charge is 0.370 e. The third-order valence-electron chi connectivity index (χ3n) is 4.08. The molecule has 0 aromatic carbocycles. The Balaban J connectivity index is 2.78. The summed E-state index contributed by atoms with van der Waals surface area (Å²) < 4.78 is 5.16. The van der Waals surface area contributed by atoms with Gasteiger partial charge in [0.2, 0.25) is 17.6 Å². The molecule has 0 fully saturated rings. The summed E-state index contributed by atoms with van der Waals surface area (Å²) in [4.78, 5) is 34.2. The van der Waals surface area contributed by atoms with Crippen LogP contribution < -0.4 is 10.6 Å². The zero-order valence-electron chi connectivity index (χ0n) is 15.6. The molecule has 6 N–H and O–H groups in total. The minimum Gasteiger partial charge on any atom is -0.478 e. The summed E-state index contributed by atoms with van der Waals surface area (Å²) in [5, 5.41) is 44.5. The van der Waals surface area contributed by atoms with E-state index >= 15 is 0 Å². The highest BCUT2D eigenvalue weighted by Crippen LogP contribution is 2.23. The van der Waals surface area contributed by atoms with Gasteiger partial charge in [-0.25, -0.2) is 4.79 Å². The average Bonchev–Trinajstić information content (AvgIpc) is 2.58. The molecule has 0 aliphatic carbocycles. The van der Waals surface area contributed by atoms with Crippen LogP contribution in [-0.4, -0.2) is 75.2 Å². The van der Waals surface area contributed by atoms with Crippen molar-refractivity contribution in [1.29, 1.82) is 0 Å². The van der Waals surface area contributed by atoms with E-state index in [1.54, 1.807) is 0 Å². The van der Waals surface area contributed by atoms with Gasteiger partial charge < -0.3 is 35.8 Å². The first-order chi connectivity index (χ1) is 12.5. The van der Waals surface area contributed by atoms with E-state index in [1.165, 1.54) is 6.92 Å². The van der Waals surface area contributed by atoms with Crippen LogP contribution in [0.1, 0.15) is 33.6 Å². The van der Waals surface area contributed by atoms with Crippen molar-refractivity contribution >= 4 is 17.8 Å². The van der Waals surface area contributed by atoms with Gasteiger partial charge in [0.1, 0.15) is 18.3 Å². The number of hydrogen-bond donors (Lipinski definition) is 6. The molecule has 10 heteroatoms. The van der Waals surface area contributed by atoms with Gasteiger partial charge in [-0.15, -0.1) is 0 Å². The van der Waals surface area contributed by atoms with Crippen LogP contribution >= 0.6 is 0 Å². The summed E-state index contributed by atoms with van der Waals surface area (Å²) in [6, 6.07) is -1.17. The third-order valence-corrected chi connectivity index (χ3v) is 4.08. The highest BCUT2D eigenvalue weighted by molar-refractivity contribution is 5.84. The Hall–Kier alpha value is -2.17. The normalized spacial score (nSPS) is 24.4. The van der Waals surface area contributed by atoms with Crippen molar-refractivity contribution in [1.82, 2.24) is 10.6 Å². The molecule has 2 amide bonds. The fourth-order valence-corrected chi connectivity index (χ4v) is 2.58. The summed E-state index contributed by atoms with van der Waals surface area (Å²) in [6.45, 7) is 4.81. The number of amides is 2. The molecule has 0 aromatic heterocycles. The minimum absolute atomic E-state index is 0.263. The molecule has 0 saturated carbocycles. The standard InChI is InChI=1S/C17H28N2O8/c1-8(2)4-5-13(23)18-7-11(22)15(24)16-14(19-9(3)20)10(21)6-12(27-16)17(25)26/h6,8,10-11,14-16,21-22,24H,4-5,7H2,1-3H3,(H,18,23)(H,19,20)(H,25,26)/t10-,11+,14+,15+,16+/m0/s1. The van der Waals surface area contributed by atoms with E-state index in [4.69, 9.17) is 9.84 Å². The molecular formula is C17H28N2O8. The molecule has 27 heavy (non-hydrogen) atoms. The number of aliphatic carboxylic acids is 1. The summed E-state index contributed by atoms with van der Waals surface area (Å²) in [7, 11) is 0.